The molecule has 0 spiro atoms. The van der Waals surface area contributed by atoms with Crippen molar-refractivity contribution in [3.8, 4) is 6.07 Å². The largest absolute Gasteiger partial charge is 0.458 e. The van der Waals surface area contributed by atoms with Crippen molar-refractivity contribution in [2.45, 2.75) is 91.1 Å². The van der Waals surface area contributed by atoms with Crippen molar-refractivity contribution in [3.05, 3.63) is 71.3 Å². The first-order valence-corrected chi connectivity index (χ1v) is 13.8. The first kappa shape index (κ1) is 33.8. The molecule has 2 aromatic rings. The zero-order valence-corrected chi connectivity index (χ0v) is 25.7. The summed E-state index contributed by atoms with van der Waals surface area (Å²) in [6.45, 7) is 13.1. The van der Waals surface area contributed by atoms with Crippen LogP contribution < -0.4 is 10.6 Å². The third-order valence-corrected chi connectivity index (χ3v) is 5.84. The molecule has 42 heavy (non-hydrogen) atoms. The van der Waals surface area contributed by atoms with E-state index in [2.05, 4.69) is 10.6 Å². The van der Waals surface area contributed by atoms with Gasteiger partial charge in [0.15, 0.2) is 0 Å². The molecule has 3 atom stereocenters. The molecule has 0 radical (unpaired) electrons. The first-order chi connectivity index (χ1) is 19.5. The average molecular weight is 579 g/mol. The van der Waals surface area contributed by atoms with Crippen molar-refractivity contribution in [2.75, 3.05) is 6.54 Å². The van der Waals surface area contributed by atoms with Crippen molar-refractivity contribution in [3.63, 3.8) is 0 Å². The molecule has 0 aliphatic rings. The van der Waals surface area contributed by atoms with E-state index in [1.54, 1.807) is 59.7 Å². The number of hydrogen-bond donors (Lipinski definition) is 2. The number of nitriles is 1. The first-order valence-electron chi connectivity index (χ1n) is 13.8. The summed E-state index contributed by atoms with van der Waals surface area (Å²) in [6, 6.07) is 14.6. The SMILES string of the molecule is Cc1cccc(C(C(=O)NC(Cc2ccccc2)C(=O)OC(C)(C)C)N(CC#N)C(=O)C(C)NC(=O)OC(C)(C)C)c1. The van der Waals surface area contributed by atoms with Crippen LogP contribution in [0.2, 0.25) is 0 Å². The van der Waals surface area contributed by atoms with E-state index in [0.717, 1.165) is 16.0 Å². The number of benzene rings is 2. The van der Waals surface area contributed by atoms with Crippen LogP contribution in [-0.4, -0.2) is 58.6 Å². The van der Waals surface area contributed by atoms with Crippen molar-refractivity contribution in [1.82, 2.24) is 15.5 Å². The van der Waals surface area contributed by atoms with Gasteiger partial charge in [-0.3, -0.25) is 9.59 Å². The third kappa shape index (κ3) is 10.9. The Morgan fingerprint density at radius 2 is 1.52 bits per heavy atom. The molecule has 10 heteroatoms. The summed E-state index contributed by atoms with van der Waals surface area (Å²) in [4.78, 5) is 54.4. The number of rotatable bonds is 10. The number of nitrogens with zero attached hydrogens (tertiary/aromatic N) is 2. The van der Waals surface area contributed by atoms with E-state index in [0.29, 0.717) is 5.56 Å². The topological polar surface area (TPSA) is 138 Å². The maximum Gasteiger partial charge on any atom is 0.408 e. The van der Waals surface area contributed by atoms with Gasteiger partial charge in [-0.05, 0) is 66.5 Å². The van der Waals surface area contributed by atoms with Gasteiger partial charge in [-0.1, -0.05) is 60.2 Å². The van der Waals surface area contributed by atoms with Crippen LogP contribution in [0.1, 0.15) is 71.2 Å². The monoisotopic (exact) mass is 578 g/mol. The van der Waals surface area contributed by atoms with Crippen LogP contribution in [0.3, 0.4) is 0 Å². The minimum Gasteiger partial charge on any atom is -0.458 e. The second-order valence-corrected chi connectivity index (χ2v) is 12.1. The maximum absolute atomic E-state index is 14.0. The summed E-state index contributed by atoms with van der Waals surface area (Å²) in [5, 5.41) is 14.9. The summed E-state index contributed by atoms with van der Waals surface area (Å²) >= 11 is 0. The fourth-order valence-corrected chi connectivity index (χ4v) is 4.15. The maximum atomic E-state index is 14.0. The van der Waals surface area contributed by atoms with Crippen LogP contribution in [0.4, 0.5) is 4.79 Å². The molecule has 0 aliphatic heterocycles. The van der Waals surface area contributed by atoms with Crippen LogP contribution in [-0.2, 0) is 30.3 Å². The molecule has 0 saturated heterocycles. The number of carbonyl (C=O) groups excluding carboxylic acids is 4. The Kier molecular flexibility index (Phi) is 11.7. The summed E-state index contributed by atoms with van der Waals surface area (Å²) in [6.07, 6.45) is -0.671. The Balaban J connectivity index is 2.49. The molecule has 0 bridgehead atoms. The van der Waals surface area contributed by atoms with Crippen molar-refractivity contribution in [1.29, 1.82) is 5.26 Å². The number of aryl methyl sites for hydroxylation is 1. The van der Waals surface area contributed by atoms with Crippen LogP contribution in [0.5, 0.6) is 0 Å². The van der Waals surface area contributed by atoms with Gasteiger partial charge in [0, 0.05) is 6.42 Å². The summed E-state index contributed by atoms with van der Waals surface area (Å²) in [7, 11) is 0. The fraction of sp³-hybridized carbons (Fsp3) is 0.469. The second kappa shape index (κ2) is 14.5. The zero-order chi connectivity index (χ0) is 31.7. The van der Waals surface area contributed by atoms with Crippen LogP contribution in [0.15, 0.2) is 54.6 Å². The van der Waals surface area contributed by atoms with E-state index in [9.17, 15) is 24.4 Å². The van der Waals surface area contributed by atoms with E-state index in [4.69, 9.17) is 9.47 Å². The summed E-state index contributed by atoms with van der Waals surface area (Å²) < 4.78 is 10.9. The lowest BCUT2D eigenvalue weighted by molar-refractivity contribution is -0.159. The standard InChI is InChI=1S/C32H42N4O6/c1-21-13-12-16-24(19-21)26(36(18-17-33)28(38)22(2)34-30(40)42-32(6,7)8)27(37)35-25(29(39)41-31(3,4)5)20-23-14-10-9-11-15-23/h9-16,19,22,25-26H,18,20H2,1-8H3,(H,34,40)(H,35,37). The molecular formula is C32H42N4O6. The lowest BCUT2D eigenvalue weighted by Crippen LogP contribution is -2.54. The molecule has 3 unspecified atom stereocenters. The predicted octanol–water partition coefficient (Wildman–Crippen LogP) is 4.37. The fourth-order valence-electron chi connectivity index (χ4n) is 4.15. The lowest BCUT2D eigenvalue weighted by atomic mass is 9.99. The Hall–Kier alpha value is -4.39. The van der Waals surface area contributed by atoms with Gasteiger partial charge in [-0.25, -0.2) is 9.59 Å². The number of nitrogens with one attached hydrogen (secondary N) is 2. The molecule has 2 rings (SSSR count). The highest BCUT2D eigenvalue weighted by molar-refractivity contribution is 5.94. The molecule has 10 nitrogen and oxygen atoms in total. The average Bonchev–Trinajstić information content (AvgIpc) is 2.86. The van der Waals surface area contributed by atoms with Gasteiger partial charge >= 0.3 is 12.1 Å². The molecule has 2 N–H and O–H groups in total. The zero-order valence-electron chi connectivity index (χ0n) is 25.7. The van der Waals surface area contributed by atoms with Crippen LogP contribution in [0, 0.1) is 18.3 Å². The van der Waals surface area contributed by atoms with E-state index in [1.165, 1.54) is 6.92 Å². The minimum absolute atomic E-state index is 0.144. The number of amides is 3. The van der Waals surface area contributed by atoms with Gasteiger partial charge in [-0.15, -0.1) is 0 Å². The van der Waals surface area contributed by atoms with Gasteiger partial charge in [0.25, 0.3) is 0 Å². The Morgan fingerprint density at radius 1 is 0.905 bits per heavy atom. The molecule has 0 saturated carbocycles. The molecule has 3 amide bonds. The van der Waals surface area contributed by atoms with Crippen LogP contribution >= 0.6 is 0 Å². The van der Waals surface area contributed by atoms with E-state index >= 15 is 0 Å². The Labute approximate surface area is 248 Å². The van der Waals surface area contributed by atoms with Gasteiger partial charge in [0.05, 0.1) is 6.07 Å². The summed E-state index contributed by atoms with van der Waals surface area (Å²) in [5.74, 6) is -2.00. The Morgan fingerprint density at radius 3 is 2.07 bits per heavy atom. The molecule has 0 aromatic heterocycles. The molecule has 2 aromatic carbocycles. The van der Waals surface area contributed by atoms with E-state index < -0.39 is 59.7 Å². The number of esters is 1. The summed E-state index contributed by atoms with van der Waals surface area (Å²) in [5.41, 5.74) is 0.448. The van der Waals surface area contributed by atoms with Gasteiger partial charge in [-0.2, -0.15) is 5.26 Å². The highest BCUT2D eigenvalue weighted by Gasteiger charge is 2.37. The normalized spacial score (nSPS) is 13.5. The lowest BCUT2D eigenvalue weighted by Gasteiger charge is -2.33. The van der Waals surface area contributed by atoms with Gasteiger partial charge < -0.3 is 25.0 Å². The minimum atomic E-state index is -1.29. The second-order valence-electron chi connectivity index (χ2n) is 12.1. The third-order valence-electron chi connectivity index (χ3n) is 5.84. The van der Waals surface area contributed by atoms with E-state index in [1.807, 2.05) is 49.4 Å². The number of hydrogen-bond acceptors (Lipinski definition) is 7. The van der Waals surface area contributed by atoms with Crippen molar-refractivity contribution >= 4 is 23.9 Å². The van der Waals surface area contributed by atoms with Gasteiger partial charge in [0.2, 0.25) is 11.8 Å². The molecule has 0 heterocycles. The molecule has 0 aliphatic carbocycles. The highest BCUT2D eigenvalue weighted by Crippen LogP contribution is 2.24. The predicted molar refractivity (Wildman–Crippen MR) is 158 cm³/mol. The van der Waals surface area contributed by atoms with Crippen molar-refractivity contribution in [2.24, 2.45) is 0 Å². The number of alkyl carbamates (subject to hydrolysis) is 1. The quantitative estimate of drug-likeness (QED) is 0.315. The van der Waals surface area contributed by atoms with Gasteiger partial charge in [0.1, 0.15) is 35.9 Å². The van der Waals surface area contributed by atoms with Crippen molar-refractivity contribution < 1.29 is 28.7 Å². The number of carbonyl (C=O) groups is 4. The van der Waals surface area contributed by atoms with E-state index in [-0.39, 0.29) is 6.42 Å². The molecular weight excluding hydrogens is 536 g/mol. The molecule has 226 valence electrons. The molecule has 0 fully saturated rings. The highest BCUT2D eigenvalue weighted by atomic mass is 16.6. The smallest absolute Gasteiger partial charge is 0.408 e. The number of ether oxygens (including phenoxy) is 2. The Bertz CT molecular complexity index is 1290. The van der Waals surface area contributed by atoms with Crippen LogP contribution in [0.25, 0.3) is 0 Å².